The molecule has 2 rings (SSSR count). The minimum Gasteiger partial charge on any atom is -0.375 e. The fourth-order valence-corrected chi connectivity index (χ4v) is 3.90. The average Bonchev–Trinajstić information content (AvgIpc) is 2.78. The Labute approximate surface area is 114 Å². The Hall–Kier alpha value is -0.0400. The van der Waals surface area contributed by atoms with Crippen LogP contribution in [-0.4, -0.2) is 12.2 Å². The normalized spacial score (nSPS) is 33.8. The van der Waals surface area contributed by atoms with Gasteiger partial charge in [0.1, 0.15) is 0 Å². The first-order valence-corrected chi connectivity index (χ1v) is 8.45. The van der Waals surface area contributed by atoms with E-state index in [1.807, 2.05) is 0 Å². The topological polar surface area (TPSA) is 9.23 Å². The first-order chi connectivity index (χ1) is 8.81. The van der Waals surface area contributed by atoms with Crippen molar-refractivity contribution in [2.45, 2.75) is 96.0 Å². The molecule has 0 aromatic rings. The van der Waals surface area contributed by atoms with Crippen LogP contribution < -0.4 is 0 Å². The van der Waals surface area contributed by atoms with Crippen LogP contribution in [0.2, 0.25) is 0 Å². The van der Waals surface area contributed by atoms with Gasteiger partial charge >= 0.3 is 0 Å². The Balaban J connectivity index is 1.84. The molecule has 1 saturated heterocycles. The lowest BCUT2D eigenvalue weighted by Crippen LogP contribution is -2.34. The maximum Gasteiger partial charge on any atom is 0.0683 e. The van der Waals surface area contributed by atoms with Gasteiger partial charge in [-0.2, -0.15) is 0 Å². The van der Waals surface area contributed by atoms with E-state index < -0.39 is 0 Å². The van der Waals surface area contributed by atoms with Crippen LogP contribution in [0, 0.1) is 5.92 Å². The van der Waals surface area contributed by atoms with E-state index in [0.29, 0.717) is 0 Å². The number of ether oxygens (including phenoxy) is 1. The molecule has 2 aliphatic rings. The van der Waals surface area contributed by atoms with Crippen molar-refractivity contribution in [3.8, 4) is 0 Å². The Bertz CT molecular complexity index is 206. The summed E-state index contributed by atoms with van der Waals surface area (Å²) in [7, 11) is 0. The standard InChI is InChI=1S/C17H32O/c1-17(14-11-15-18-17)16-12-9-7-5-3-2-4-6-8-10-13-16/h16H,2-15H2,1H3/t17-/m0/s1. The molecule has 0 aromatic carbocycles. The molecule has 1 aliphatic heterocycles. The molecule has 0 amide bonds. The lowest BCUT2D eigenvalue weighted by molar-refractivity contribution is -0.0362. The van der Waals surface area contributed by atoms with E-state index in [-0.39, 0.29) is 5.60 Å². The second-order valence-corrected chi connectivity index (χ2v) is 6.72. The van der Waals surface area contributed by atoms with Crippen molar-refractivity contribution in [2.24, 2.45) is 5.92 Å². The molecule has 18 heavy (non-hydrogen) atoms. The highest BCUT2D eigenvalue weighted by Gasteiger charge is 2.37. The molecule has 1 aliphatic carbocycles. The lowest BCUT2D eigenvalue weighted by atomic mass is 9.79. The summed E-state index contributed by atoms with van der Waals surface area (Å²) in [5.74, 6) is 0.833. The largest absolute Gasteiger partial charge is 0.375 e. The third-order valence-electron chi connectivity index (χ3n) is 5.22. The zero-order valence-corrected chi connectivity index (χ0v) is 12.4. The van der Waals surface area contributed by atoms with E-state index in [2.05, 4.69) is 6.92 Å². The molecule has 1 heterocycles. The van der Waals surface area contributed by atoms with Gasteiger partial charge in [0.2, 0.25) is 0 Å². The quantitative estimate of drug-likeness (QED) is 0.600. The monoisotopic (exact) mass is 252 g/mol. The molecule has 106 valence electrons. The number of rotatable bonds is 1. The molecular weight excluding hydrogens is 220 g/mol. The van der Waals surface area contributed by atoms with Gasteiger partial charge < -0.3 is 4.74 Å². The van der Waals surface area contributed by atoms with Crippen LogP contribution in [0.5, 0.6) is 0 Å². The van der Waals surface area contributed by atoms with Crippen LogP contribution in [0.25, 0.3) is 0 Å². The van der Waals surface area contributed by atoms with Crippen molar-refractivity contribution in [1.82, 2.24) is 0 Å². The van der Waals surface area contributed by atoms with E-state index in [0.717, 1.165) is 12.5 Å². The van der Waals surface area contributed by atoms with E-state index in [1.165, 1.54) is 83.5 Å². The molecule has 0 spiro atoms. The van der Waals surface area contributed by atoms with E-state index in [9.17, 15) is 0 Å². The molecule has 1 nitrogen and oxygen atoms in total. The van der Waals surface area contributed by atoms with Crippen molar-refractivity contribution in [3.05, 3.63) is 0 Å². The van der Waals surface area contributed by atoms with Crippen molar-refractivity contribution in [1.29, 1.82) is 0 Å². The molecule has 1 saturated carbocycles. The molecule has 2 fully saturated rings. The van der Waals surface area contributed by atoms with Gasteiger partial charge in [-0.25, -0.2) is 0 Å². The van der Waals surface area contributed by atoms with Gasteiger partial charge in [0.15, 0.2) is 0 Å². The van der Waals surface area contributed by atoms with Gasteiger partial charge in [0, 0.05) is 6.61 Å². The smallest absolute Gasteiger partial charge is 0.0683 e. The van der Waals surface area contributed by atoms with Crippen molar-refractivity contribution < 1.29 is 4.74 Å². The summed E-state index contributed by atoms with van der Waals surface area (Å²) in [5.41, 5.74) is 0.226. The van der Waals surface area contributed by atoms with E-state index in [4.69, 9.17) is 4.74 Å². The third-order valence-corrected chi connectivity index (χ3v) is 5.22. The fraction of sp³-hybridized carbons (Fsp3) is 1.00. The van der Waals surface area contributed by atoms with Crippen LogP contribution in [-0.2, 0) is 4.74 Å². The molecule has 0 N–H and O–H groups in total. The molecule has 0 radical (unpaired) electrons. The van der Waals surface area contributed by atoms with Crippen molar-refractivity contribution in [2.75, 3.05) is 6.61 Å². The summed E-state index contributed by atoms with van der Waals surface area (Å²) in [6.45, 7) is 3.39. The first-order valence-electron chi connectivity index (χ1n) is 8.45. The Morgan fingerprint density at radius 3 is 1.67 bits per heavy atom. The third kappa shape index (κ3) is 4.26. The van der Waals surface area contributed by atoms with Crippen LogP contribution in [0.15, 0.2) is 0 Å². The van der Waals surface area contributed by atoms with Crippen molar-refractivity contribution in [3.63, 3.8) is 0 Å². The molecule has 1 atom stereocenters. The highest BCUT2D eigenvalue weighted by molar-refractivity contribution is 4.87. The van der Waals surface area contributed by atoms with Gasteiger partial charge in [-0.1, -0.05) is 57.8 Å². The predicted octanol–water partition coefficient (Wildman–Crippen LogP) is 5.48. The minimum absolute atomic E-state index is 0.226. The van der Waals surface area contributed by atoms with Gasteiger partial charge in [0.05, 0.1) is 5.60 Å². The highest BCUT2D eigenvalue weighted by Crippen LogP contribution is 2.38. The minimum atomic E-state index is 0.226. The summed E-state index contributed by atoms with van der Waals surface area (Å²) in [6.07, 6.45) is 18.5. The summed E-state index contributed by atoms with van der Waals surface area (Å²) in [4.78, 5) is 0. The predicted molar refractivity (Wildman–Crippen MR) is 77.9 cm³/mol. The zero-order chi connectivity index (χ0) is 12.7. The highest BCUT2D eigenvalue weighted by atomic mass is 16.5. The van der Waals surface area contributed by atoms with Crippen LogP contribution >= 0.6 is 0 Å². The molecule has 0 aromatic heterocycles. The van der Waals surface area contributed by atoms with Crippen LogP contribution in [0.1, 0.15) is 90.4 Å². The number of hydrogen-bond acceptors (Lipinski definition) is 1. The Kier molecular flexibility index (Phi) is 6.01. The molecule has 1 heteroatoms. The van der Waals surface area contributed by atoms with Crippen LogP contribution in [0.3, 0.4) is 0 Å². The van der Waals surface area contributed by atoms with E-state index in [1.54, 1.807) is 0 Å². The summed E-state index contributed by atoms with van der Waals surface area (Å²) in [5, 5.41) is 0. The second-order valence-electron chi connectivity index (χ2n) is 6.72. The lowest BCUT2D eigenvalue weighted by Gasteiger charge is -2.34. The van der Waals surface area contributed by atoms with Gasteiger partial charge in [-0.15, -0.1) is 0 Å². The molecular formula is C17H32O. The van der Waals surface area contributed by atoms with Gasteiger partial charge in [-0.05, 0) is 38.5 Å². The SMILES string of the molecule is C[C@@]1(C2CCCCCCCCCCC2)CCCO1. The Morgan fingerprint density at radius 2 is 1.22 bits per heavy atom. The first kappa shape index (κ1) is 14.4. The second kappa shape index (κ2) is 7.53. The maximum absolute atomic E-state index is 6.10. The van der Waals surface area contributed by atoms with Gasteiger partial charge in [0.25, 0.3) is 0 Å². The average molecular weight is 252 g/mol. The van der Waals surface area contributed by atoms with Crippen LogP contribution in [0.4, 0.5) is 0 Å². The maximum atomic E-state index is 6.10. The number of hydrogen-bond donors (Lipinski definition) is 0. The zero-order valence-electron chi connectivity index (χ0n) is 12.4. The summed E-state index contributed by atoms with van der Waals surface area (Å²) >= 11 is 0. The Morgan fingerprint density at radius 1 is 0.722 bits per heavy atom. The summed E-state index contributed by atoms with van der Waals surface area (Å²) < 4.78 is 6.10. The fourth-order valence-electron chi connectivity index (χ4n) is 3.90. The van der Waals surface area contributed by atoms with E-state index >= 15 is 0 Å². The van der Waals surface area contributed by atoms with Crippen molar-refractivity contribution >= 4 is 0 Å². The molecule has 0 bridgehead atoms. The van der Waals surface area contributed by atoms with Gasteiger partial charge in [-0.3, -0.25) is 0 Å². The summed E-state index contributed by atoms with van der Waals surface area (Å²) in [6, 6.07) is 0. The molecule has 0 unspecified atom stereocenters.